The smallest absolute Gasteiger partial charge is 0.317 e. The third-order valence-electron chi connectivity index (χ3n) is 4.93. The van der Waals surface area contributed by atoms with E-state index in [4.69, 9.17) is 4.74 Å². The van der Waals surface area contributed by atoms with Crippen molar-refractivity contribution in [3.05, 3.63) is 35.9 Å². The van der Waals surface area contributed by atoms with Gasteiger partial charge in [-0.2, -0.15) is 0 Å². The molecule has 0 spiro atoms. The van der Waals surface area contributed by atoms with E-state index in [-0.39, 0.29) is 30.1 Å². The normalized spacial score (nSPS) is 24.6. The van der Waals surface area contributed by atoms with Crippen LogP contribution in [0.3, 0.4) is 0 Å². The number of rotatable bonds is 6. The number of ether oxygens (including phenoxy) is 1. The molecule has 0 aromatic heterocycles. The number of hydrogen-bond donors (Lipinski definition) is 2. The lowest BCUT2D eigenvalue weighted by atomic mass is 9.99. The van der Waals surface area contributed by atoms with Gasteiger partial charge < -0.3 is 25.2 Å². The summed E-state index contributed by atoms with van der Waals surface area (Å²) in [6, 6.07) is 9.73. The molecule has 7 nitrogen and oxygen atoms in total. The number of hydrogen-bond acceptors (Lipinski definition) is 4. The molecule has 0 saturated carbocycles. The van der Waals surface area contributed by atoms with Crippen LogP contribution in [0.2, 0.25) is 0 Å². The van der Waals surface area contributed by atoms with Crippen molar-refractivity contribution in [2.45, 2.75) is 25.2 Å². The van der Waals surface area contributed by atoms with E-state index in [1.165, 1.54) is 0 Å². The summed E-state index contributed by atoms with van der Waals surface area (Å²) >= 11 is 0. The number of nitrogens with zero attached hydrogens (tertiary/aromatic N) is 2. The van der Waals surface area contributed by atoms with E-state index in [0.29, 0.717) is 32.6 Å². The van der Waals surface area contributed by atoms with Crippen molar-refractivity contribution < 1.29 is 14.3 Å². The maximum absolute atomic E-state index is 12.5. The molecule has 3 amide bonds. The molecule has 7 heteroatoms. The number of fused-ring (bicyclic) bond motifs is 2. The number of carbonyl (C=O) groups is 2. The lowest BCUT2D eigenvalue weighted by molar-refractivity contribution is -0.127. The first-order valence-corrected chi connectivity index (χ1v) is 9.17. The summed E-state index contributed by atoms with van der Waals surface area (Å²) in [7, 11) is 3.95. The first kappa shape index (κ1) is 18.7. The van der Waals surface area contributed by atoms with Gasteiger partial charge in [0, 0.05) is 32.7 Å². The second kappa shape index (κ2) is 8.51. The second-order valence-electron chi connectivity index (χ2n) is 7.28. The zero-order chi connectivity index (χ0) is 18.5. The van der Waals surface area contributed by atoms with Crippen LogP contribution in [0.4, 0.5) is 4.79 Å². The Kier molecular flexibility index (Phi) is 6.11. The summed E-state index contributed by atoms with van der Waals surface area (Å²) < 4.78 is 5.91. The molecule has 26 heavy (non-hydrogen) atoms. The molecule has 2 fully saturated rings. The van der Waals surface area contributed by atoms with Crippen LogP contribution in [0.15, 0.2) is 30.3 Å². The minimum absolute atomic E-state index is 0.0332. The topological polar surface area (TPSA) is 73.9 Å². The second-order valence-corrected chi connectivity index (χ2v) is 7.28. The highest BCUT2D eigenvalue weighted by Gasteiger charge is 2.45. The molecule has 2 aliphatic heterocycles. The summed E-state index contributed by atoms with van der Waals surface area (Å²) in [5.41, 5.74) is 1.07. The number of amides is 3. The van der Waals surface area contributed by atoms with E-state index >= 15 is 0 Å². The average molecular weight is 360 g/mol. The fourth-order valence-corrected chi connectivity index (χ4v) is 3.52. The molecule has 2 aliphatic rings. The van der Waals surface area contributed by atoms with Crippen LogP contribution in [-0.4, -0.2) is 74.2 Å². The van der Waals surface area contributed by atoms with E-state index in [0.717, 1.165) is 12.1 Å². The van der Waals surface area contributed by atoms with Crippen molar-refractivity contribution in [2.24, 2.45) is 5.92 Å². The van der Waals surface area contributed by atoms with Crippen molar-refractivity contribution in [2.75, 3.05) is 40.3 Å². The SMILES string of the molecule is CN(C)CCNC(=O)[C@H]1C[C@@H]2CN(C(=O)NCc3ccccc3)C[C@H]1O2. The standard InChI is InChI=1S/C19H28N4O3/c1-22(2)9-8-20-18(24)16-10-15-12-23(13-17(16)26-15)19(25)21-11-14-6-4-3-5-7-14/h3-7,15-17H,8-13H2,1-2H3,(H,20,24)(H,21,25)/t15-,16+,17-/m1/s1. The number of morpholine rings is 1. The minimum Gasteiger partial charge on any atom is -0.370 e. The Bertz CT molecular complexity index is 622. The van der Waals surface area contributed by atoms with Crippen LogP contribution in [0.5, 0.6) is 0 Å². The van der Waals surface area contributed by atoms with E-state index < -0.39 is 0 Å². The number of urea groups is 1. The van der Waals surface area contributed by atoms with Gasteiger partial charge in [-0.1, -0.05) is 30.3 Å². The molecule has 1 aromatic carbocycles. The van der Waals surface area contributed by atoms with Crippen LogP contribution in [-0.2, 0) is 16.1 Å². The minimum atomic E-state index is -0.212. The van der Waals surface area contributed by atoms with Crippen LogP contribution < -0.4 is 10.6 Å². The summed E-state index contributed by atoms with van der Waals surface area (Å²) in [6.45, 7) is 2.94. The largest absolute Gasteiger partial charge is 0.370 e. The molecule has 2 bridgehead atoms. The Balaban J connectivity index is 1.48. The van der Waals surface area contributed by atoms with Crippen LogP contribution in [0, 0.1) is 5.92 Å². The van der Waals surface area contributed by atoms with Gasteiger partial charge >= 0.3 is 6.03 Å². The number of likely N-dealkylation sites (tertiary alicyclic amines) is 1. The van der Waals surface area contributed by atoms with E-state index in [2.05, 4.69) is 10.6 Å². The van der Waals surface area contributed by atoms with Gasteiger partial charge in [0.25, 0.3) is 0 Å². The average Bonchev–Trinajstić information content (AvgIpc) is 2.94. The van der Waals surface area contributed by atoms with Gasteiger partial charge in [0.05, 0.1) is 18.1 Å². The fourth-order valence-electron chi connectivity index (χ4n) is 3.52. The molecule has 0 unspecified atom stereocenters. The molecule has 2 heterocycles. The highest BCUT2D eigenvalue weighted by atomic mass is 16.5. The van der Waals surface area contributed by atoms with Gasteiger partial charge in [0.1, 0.15) is 0 Å². The van der Waals surface area contributed by atoms with Gasteiger partial charge in [-0.25, -0.2) is 4.79 Å². The van der Waals surface area contributed by atoms with Crippen LogP contribution >= 0.6 is 0 Å². The third-order valence-corrected chi connectivity index (χ3v) is 4.93. The summed E-state index contributed by atoms with van der Waals surface area (Å²) in [6.07, 6.45) is 0.414. The van der Waals surface area contributed by atoms with Gasteiger partial charge in [-0.3, -0.25) is 4.79 Å². The molecule has 0 aliphatic carbocycles. The quantitative estimate of drug-likeness (QED) is 0.782. The van der Waals surface area contributed by atoms with Gasteiger partial charge in [0.2, 0.25) is 5.91 Å². The van der Waals surface area contributed by atoms with E-state index in [1.54, 1.807) is 4.90 Å². The van der Waals surface area contributed by atoms with Crippen LogP contribution in [0.25, 0.3) is 0 Å². The van der Waals surface area contributed by atoms with E-state index in [9.17, 15) is 9.59 Å². The number of nitrogens with one attached hydrogen (secondary N) is 2. The number of carbonyl (C=O) groups excluding carboxylic acids is 2. The lowest BCUT2D eigenvalue weighted by Gasteiger charge is -2.32. The fraction of sp³-hybridized carbons (Fsp3) is 0.579. The lowest BCUT2D eigenvalue weighted by Crippen LogP contribution is -2.51. The monoisotopic (exact) mass is 360 g/mol. The van der Waals surface area contributed by atoms with E-state index in [1.807, 2.05) is 49.3 Å². The summed E-state index contributed by atoms with van der Waals surface area (Å²) in [5, 5.41) is 5.93. The molecule has 2 N–H and O–H groups in total. The van der Waals surface area contributed by atoms with Gasteiger partial charge in [-0.05, 0) is 26.1 Å². The molecule has 3 atom stereocenters. The van der Waals surface area contributed by atoms with Crippen molar-refractivity contribution in [3.63, 3.8) is 0 Å². The molecule has 1 aromatic rings. The summed E-state index contributed by atoms with van der Waals surface area (Å²) in [5.74, 6) is -0.139. The Morgan fingerprint density at radius 2 is 1.96 bits per heavy atom. The van der Waals surface area contributed by atoms with Crippen molar-refractivity contribution >= 4 is 11.9 Å². The zero-order valence-corrected chi connectivity index (χ0v) is 15.5. The molecule has 3 rings (SSSR count). The Morgan fingerprint density at radius 1 is 1.19 bits per heavy atom. The highest BCUT2D eigenvalue weighted by molar-refractivity contribution is 5.80. The predicted octanol–water partition coefficient (Wildman–Crippen LogP) is 0.663. The Labute approximate surface area is 154 Å². The van der Waals surface area contributed by atoms with Crippen LogP contribution in [0.1, 0.15) is 12.0 Å². The first-order valence-electron chi connectivity index (χ1n) is 9.17. The Morgan fingerprint density at radius 3 is 2.69 bits per heavy atom. The summed E-state index contributed by atoms with van der Waals surface area (Å²) in [4.78, 5) is 28.7. The molecular formula is C19H28N4O3. The first-order chi connectivity index (χ1) is 12.5. The number of likely N-dealkylation sites (N-methyl/N-ethyl adjacent to an activating group) is 1. The predicted molar refractivity (Wildman–Crippen MR) is 98.6 cm³/mol. The Hall–Kier alpha value is -2.12. The maximum atomic E-state index is 12.5. The van der Waals surface area contributed by atoms with Crippen molar-refractivity contribution in [1.82, 2.24) is 20.4 Å². The third kappa shape index (κ3) is 4.74. The number of benzene rings is 1. The van der Waals surface area contributed by atoms with Crippen molar-refractivity contribution in [3.8, 4) is 0 Å². The molecule has 2 saturated heterocycles. The molecular weight excluding hydrogens is 332 g/mol. The van der Waals surface area contributed by atoms with Gasteiger partial charge in [0.15, 0.2) is 0 Å². The zero-order valence-electron chi connectivity index (χ0n) is 15.5. The maximum Gasteiger partial charge on any atom is 0.317 e. The highest BCUT2D eigenvalue weighted by Crippen LogP contribution is 2.32. The molecule has 142 valence electrons. The molecule has 0 radical (unpaired) electrons. The van der Waals surface area contributed by atoms with Gasteiger partial charge in [-0.15, -0.1) is 0 Å². The van der Waals surface area contributed by atoms with Crippen molar-refractivity contribution in [1.29, 1.82) is 0 Å².